The Hall–Kier alpha value is -0.810. The Morgan fingerprint density at radius 2 is 2.27 bits per heavy atom. The first-order valence-electron chi connectivity index (χ1n) is 3.43. The molecule has 1 aliphatic rings. The second-order valence-corrected chi connectivity index (χ2v) is 2.57. The molecule has 2 atom stereocenters. The average molecular weight is 161 g/mol. The summed E-state index contributed by atoms with van der Waals surface area (Å²) in [5, 5.41) is 19.6. The average Bonchev–Trinajstić information content (AvgIpc) is 1.85. The van der Waals surface area contributed by atoms with Crippen LogP contribution in [0.25, 0.3) is 0 Å². The van der Waals surface area contributed by atoms with Crippen LogP contribution in [0.1, 0.15) is 6.42 Å². The zero-order valence-corrected chi connectivity index (χ0v) is 5.99. The van der Waals surface area contributed by atoms with E-state index in [1.54, 1.807) is 0 Å². The topological polar surface area (TPSA) is 78.8 Å². The molecule has 0 unspecified atom stereocenters. The van der Waals surface area contributed by atoms with Crippen LogP contribution in [-0.2, 0) is 4.74 Å². The minimum Gasteiger partial charge on any atom is -0.465 e. The minimum absolute atomic E-state index is 0.267. The zero-order chi connectivity index (χ0) is 8.27. The Morgan fingerprint density at radius 1 is 1.55 bits per heavy atom. The van der Waals surface area contributed by atoms with E-state index in [0.29, 0.717) is 19.6 Å². The SMILES string of the molecule is O=C(O)N[C@H]1COC[C@@H](O)C1. The Balaban J connectivity index is 2.28. The number of carboxylic acid groups (broad SMARTS) is 1. The Labute approximate surface area is 64.0 Å². The summed E-state index contributed by atoms with van der Waals surface area (Å²) >= 11 is 0. The molecule has 5 nitrogen and oxygen atoms in total. The molecule has 64 valence electrons. The predicted octanol–water partition coefficient (Wildman–Crippen LogP) is -0.596. The van der Waals surface area contributed by atoms with Gasteiger partial charge < -0.3 is 20.3 Å². The Bertz CT molecular complexity index is 150. The van der Waals surface area contributed by atoms with Crippen molar-refractivity contribution >= 4 is 6.09 Å². The maximum absolute atomic E-state index is 10.1. The monoisotopic (exact) mass is 161 g/mol. The molecule has 0 radical (unpaired) electrons. The van der Waals surface area contributed by atoms with Gasteiger partial charge in [0.2, 0.25) is 0 Å². The molecule has 1 saturated heterocycles. The van der Waals surface area contributed by atoms with Gasteiger partial charge >= 0.3 is 6.09 Å². The molecule has 0 aromatic carbocycles. The highest BCUT2D eigenvalue weighted by Crippen LogP contribution is 2.06. The fraction of sp³-hybridized carbons (Fsp3) is 0.833. The number of hydrogen-bond acceptors (Lipinski definition) is 3. The molecular weight excluding hydrogens is 150 g/mol. The van der Waals surface area contributed by atoms with Crippen molar-refractivity contribution in [3.8, 4) is 0 Å². The number of ether oxygens (including phenoxy) is 1. The Morgan fingerprint density at radius 3 is 2.82 bits per heavy atom. The van der Waals surface area contributed by atoms with E-state index in [2.05, 4.69) is 5.32 Å². The van der Waals surface area contributed by atoms with E-state index in [1.165, 1.54) is 0 Å². The molecule has 1 fully saturated rings. The van der Waals surface area contributed by atoms with E-state index in [1.807, 2.05) is 0 Å². The second kappa shape index (κ2) is 3.54. The van der Waals surface area contributed by atoms with Crippen molar-refractivity contribution in [2.24, 2.45) is 0 Å². The molecule has 0 saturated carbocycles. The van der Waals surface area contributed by atoms with Crippen molar-refractivity contribution in [1.29, 1.82) is 0 Å². The van der Waals surface area contributed by atoms with E-state index >= 15 is 0 Å². The fourth-order valence-corrected chi connectivity index (χ4v) is 1.09. The smallest absolute Gasteiger partial charge is 0.404 e. The normalized spacial score (nSPS) is 31.4. The van der Waals surface area contributed by atoms with Crippen molar-refractivity contribution in [1.82, 2.24) is 5.32 Å². The van der Waals surface area contributed by atoms with Crippen molar-refractivity contribution in [2.45, 2.75) is 18.6 Å². The van der Waals surface area contributed by atoms with Gasteiger partial charge in [-0.25, -0.2) is 4.79 Å². The van der Waals surface area contributed by atoms with Crippen LogP contribution in [0.3, 0.4) is 0 Å². The van der Waals surface area contributed by atoms with E-state index < -0.39 is 12.2 Å². The van der Waals surface area contributed by atoms with E-state index in [4.69, 9.17) is 14.9 Å². The molecule has 5 heteroatoms. The first kappa shape index (κ1) is 8.29. The van der Waals surface area contributed by atoms with E-state index in [0.717, 1.165) is 0 Å². The van der Waals surface area contributed by atoms with Gasteiger partial charge in [-0.1, -0.05) is 0 Å². The van der Waals surface area contributed by atoms with Crippen LogP contribution < -0.4 is 5.32 Å². The molecule has 3 N–H and O–H groups in total. The summed E-state index contributed by atoms with van der Waals surface area (Å²) in [6.45, 7) is 0.654. The zero-order valence-electron chi connectivity index (χ0n) is 5.99. The number of amides is 1. The summed E-state index contributed by atoms with van der Waals surface area (Å²) < 4.78 is 4.92. The van der Waals surface area contributed by atoms with Crippen LogP contribution in [0.4, 0.5) is 4.79 Å². The number of aliphatic hydroxyl groups excluding tert-OH is 1. The van der Waals surface area contributed by atoms with Gasteiger partial charge in [-0.15, -0.1) is 0 Å². The molecule has 0 spiro atoms. The van der Waals surface area contributed by atoms with E-state index in [-0.39, 0.29) is 6.04 Å². The highest BCUT2D eigenvalue weighted by molar-refractivity contribution is 5.64. The molecule has 11 heavy (non-hydrogen) atoms. The number of nitrogens with one attached hydrogen (secondary N) is 1. The lowest BCUT2D eigenvalue weighted by atomic mass is 10.1. The van der Waals surface area contributed by atoms with Gasteiger partial charge in [0.1, 0.15) is 0 Å². The largest absolute Gasteiger partial charge is 0.465 e. The molecular formula is C6H11NO4. The summed E-state index contributed by atoms with van der Waals surface area (Å²) in [5.74, 6) is 0. The van der Waals surface area contributed by atoms with Crippen molar-refractivity contribution < 1.29 is 19.7 Å². The molecule has 1 amide bonds. The van der Waals surface area contributed by atoms with Crippen LogP contribution in [0.2, 0.25) is 0 Å². The minimum atomic E-state index is -1.08. The van der Waals surface area contributed by atoms with Gasteiger partial charge in [0, 0.05) is 0 Å². The molecule has 0 aromatic heterocycles. The lowest BCUT2D eigenvalue weighted by Crippen LogP contribution is -2.44. The molecule has 1 aliphatic heterocycles. The molecule has 1 heterocycles. The van der Waals surface area contributed by atoms with Crippen LogP contribution >= 0.6 is 0 Å². The second-order valence-electron chi connectivity index (χ2n) is 2.57. The fourth-order valence-electron chi connectivity index (χ4n) is 1.09. The van der Waals surface area contributed by atoms with Gasteiger partial charge in [0.15, 0.2) is 0 Å². The van der Waals surface area contributed by atoms with Crippen molar-refractivity contribution in [3.05, 3.63) is 0 Å². The first-order chi connectivity index (χ1) is 5.18. The highest BCUT2D eigenvalue weighted by Gasteiger charge is 2.21. The van der Waals surface area contributed by atoms with Crippen LogP contribution in [0, 0.1) is 0 Å². The predicted molar refractivity (Wildman–Crippen MR) is 36.4 cm³/mol. The third kappa shape index (κ3) is 2.73. The summed E-state index contributed by atoms with van der Waals surface area (Å²) in [4.78, 5) is 10.1. The lowest BCUT2D eigenvalue weighted by molar-refractivity contribution is -0.0218. The number of hydrogen-bond donors (Lipinski definition) is 3. The van der Waals surface area contributed by atoms with Gasteiger partial charge in [0.05, 0.1) is 25.4 Å². The quantitative estimate of drug-likeness (QED) is 0.480. The summed E-state index contributed by atoms with van der Waals surface area (Å²) in [7, 11) is 0. The lowest BCUT2D eigenvalue weighted by Gasteiger charge is -2.25. The summed E-state index contributed by atoms with van der Waals surface area (Å²) in [6.07, 6.45) is -1.18. The maximum Gasteiger partial charge on any atom is 0.404 e. The van der Waals surface area contributed by atoms with Crippen LogP contribution in [-0.4, -0.2) is 41.7 Å². The third-order valence-corrected chi connectivity index (χ3v) is 1.51. The molecule has 0 aliphatic carbocycles. The maximum atomic E-state index is 10.1. The number of rotatable bonds is 1. The highest BCUT2D eigenvalue weighted by atomic mass is 16.5. The van der Waals surface area contributed by atoms with Gasteiger partial charge in [0.25, 0.3) is 0 Å². The van der Waals surface area contributed by atoms with Gasteiger partial charge in [-0.3, -0.25) is 0 Å². The van der Waals surface area contributed by atoms with Crippen LogP contribution in [0.5, 0.6) is 0 Å². The summed E-state index contributed by atoms with van der Waals surface area (Å²) in [5.41, 5.74) is 0. The molecule has 0 bridgehead atoms. The number of carbonyl (C=O) groups is 1. The first-order valence-corrected chi connectivity index (χ1v) is 3.43. The van der Waals surface area contributed by atoms with Crippen LogP contribution in [0.15, 0.2) is 0 Å². The number of aliphatic hydroxyl groups is 1. The van der Waals surface area contributed by atoms with Gasteiger partial charge in [-0.05, 0) is 6.42 Å². The molecule has 0 aromatic rings. The van der Waals surface area contributed by atoms with E-state index in [9.17, 15) is 4.79 Å². The summed E-state index contributed by atoms with van der Waals surface area (Å²) in [6, 6.07) is -0.267. The Kier molecular flexibility index (Phi) is 2.67. The van der Waals surface area contributed by atoms with Crippen molar-refractivity contribution in [3.63, 3.8) is 0 Å². The standard InChI is InChI=1S/C6H11NO4/c8-5-1-4(2-11-3-5)7-6(9)10/h4-5,7-8H,1-3H2,(H,9,10)/t4-,5+/m1/s1. The van der Waals surface area contributed by atoms with Gasteiger partial charge in [-0.2, -0.15) is 0 Å². The molecule has 1 rings (SSSR count). The third-order valence-electron chi connectivity index (χ3n) is 1.51. The van der Waals surface area contributed by atoms with Crippen molar-refractivity contribution in [2.75, 3.05) is 13.2 Å².